The number of hydrogen-bond donors (Lipinski definition) is 2. The predicted octanol–water partition coefficient (Wildman–Crippen LogP) is 2.62. The molecule has 0 bridgehead atoms. The summed E-state index contributed by atoms with van der Waals surface area (Å²) in [7, 11) is 0. The molecule has 1 unspecified atom stereocenters. The number of aliphatic hydroxyl groups excluding tert-OH is 1. The highest BCUT2D eigenvalue weighted by molar-refractivity contribution is 5.94. The first kappa shape index (κ1) is 13.4. The van der Waals surface area contributed by atoms with Gasteiger partial charge >= 0.3 is 6.03 Å². The topological polar surface area (TPSA) is 52.6 Å². The number of urea groups is 1. The fourth-order valence-electron chi connectivity index (χ4n) is 3.29. The lowest BCUT2D eigenvalue weighted by molar-refractivity contribution is 0.118. The van der Waals surface area contributed by atoms with E-state index in [0.29, 0.717) is 5.92 Å². The van der Waals surface area contributed by atoms with Gasteiger partial charge in [-0.2, -0.15) is 0 Å². The van der Waals surface area contributed by atoms with Gasteiger partial charge in [-0.15, -0.1) is 0 Å². The summed E-state index contributed by atoms with van der Waals surface area (Å²) < 4.78 is 0. The van der Waals surface area contributed by atoms with Gasteiger partial charge in [0.25, 0.3) is 0 Å². The van der Waals surface area contributed by atoms with Crippen LogP contribution in [0.25, 0.3) is 0 Å². The molecular weight excluding hydrogens is 252 g/mol. The maximum atomic E-state index is 12.5. The lowest BCUT2D eigenvalue weighted by Crippen LogP contribution is -2.46. The van der Waals surface area contributed by atoms with Crippen molar-refractivity contribution in [2.45, 2.75) is 50.7 Å². The van der Waals surface area contributed by atoms with Crippen molar-refractivity contribution in [1.82, 2.24) is 5.32 Å². The average molecular weight is 274 g/mol. The second-order valence-electron chi connectivity index (χ2n) is 6.03. The summed E-state index contributed by atoms with van der Waals surface area (Å²) in [6, 6.07) is 8.33. The van der Waals surface area contributed by atoms with Crippen LogP contribution in [-0.4, -0.2) is 29.8 Å². The molecule has 2 amide bonds. The summed E-state index contributed by atoms with van der Waals surface area (Å²) >= 11 is 0. The van der Waals surface area contributed by atoms with Gasteiger partial charge in [0.1, 0.15) is 0 Å². The number of rotatable bonds is 1. The molecule has 2 aliphatic rings. The summed E-state index contributed by atoms with van der Waals surface area (Å²) in [5.41, 5.74) is 2.29. The number of benzene rings is 1. The Bertz CT molecular complexity index is 495. The zero-order chi connectivity index (χ0) is 14.1. The lowest BCUT2D eigenvalue weighted by atomic mass is 9.93. The Morgan fingerprint density at radius 3 is 2.70 bits per heavy atom. The standard InChI is InChI=1S/C16H22N2O2/c1-11-10-18(15-5-3-2-4-14(11)15)16(20)17-12-6-8-13(19)9-7-12/h2-5,11-13,19H,6-10H2,1H3,(H,17,20). The lowest BCUT2D eigenvalue weighted by Gasteiger charge is -2.28. The van der Waals surface area contributed by atoms with Crippen LogP contribution in [0.2, 0.25) is 0 Å². The molecule has 0 radical (unpaired) electrons. The smallest absolute Gasteiger partial charge is 0.322 e. The molecule has 2 N–H and O–H groups in total. The Hall–Kier alpha value is -1.55. The summed E-state index contributed by atoms with van der Waals surface area (Å²) in [6.45, 7) is 2.91. The first-order valence-corrected chi connectivity index (χ1v) is 7.50. The largest absolute Gasteiger partial charge is 0.393 e. The van der Waals surface area contributed by atoms with E-state index in [2.05, 4.69) is 18.3 Å². The number of fused-ring (bicyclic) bond motifs is 1. The van der Waals surface area contributed by atoms with Gasteiger partial charge in [0.05, 0.1) is 6.10 Å². The van der Waals surface area contributed by atoms with Gasteiger partial charge < -0.3 is 10.4 Å². The molecule has 1 atom stereocenters. The van der Waals surface area contributed by atoms with E-state index in [1.165, 1.54) is 5.56 Å². The molecule has 1 aliphatic carbocycles. The zero-order valence-electron chi connectivity index (χ0n) is 11.9. The third-order valence-electron chi connectivity index (χ3n) is 4.48. The minimum atomic E-state index is -0.185. The van der Waals surface area contributed by atoms with Crippen LogP contribution in [0.1, 0.15) is 44.1 Å². The fourth-order valence-corrected chi connectivity index (χ4v) is 3.29. The van der Waals surface area contributed by atoms with Crippen molar-refractivity contribution < 1.29 is 9.90 Å². The van der Waals surface area contributed by atoms with Crippen molar-refractivity contribution in [3.63, 3.8) is 0 Å². The molecule has 20 heavy (non-hydrogen) atoms. The SMILES string of the molecule is CC1CN(C(=O)NC2CCC(O)CC2)c2ccccc21. The van der Waals surface area contributed by atoms with Crippen LogP contribution in [0.15, 0.2) is 24.3 Å². The molecule has 0 spiro atoms. The number of nitrogens with one attached hydrogen (secondary N) is 1. The van der Waals surface area contributed by atoms with Crippen LogP contribution in [-0.2, 0) is 0 Å². The molecule has 0 aromatic heterocycles. The maximum Gasteiger partial charge on any atom is 0.322 e. The Balaban J connectivity index is 1.67. The van der Waals surface area contributed by atoms with Gasteiger partial charge in [0, 0.05) is 24.2 Å². The van der Waals surface area contributed by atoms with Crippen molar-refractivity contribution in [2.24, 2.45) is 0 Å². The monoisotopic (exact) mass is 274 g/mol. The molecule has 108 valence electrons. The Kier molecular flexibility index (Phi) is 3.66. The molecule has 1 fully saturated rings. The Labute approximate surface area is 119 Å². The number of nitrogens with zero attached hydrogens (tertiary/aromatic N) is 1. The van der Waals surface area contributed by atoms with Crippen molar-refractivity contribution in [2.75, 3.05) is 11.4 Å². The van der Waals surface area contributed by atoms with Crippen molar-refractivity contribution in [3.8, 4) is 0 Å². The quantitative estimate of drug-likeness (QED) is 0.827. The van der Waals surface area contributed by atoms with Gasteiger partial charge in [-0.25, -0.2) is 4.79 Å². The normalized spacial score (nSPS) is 29.1. The van der Waals surface area contributed by atoms with Gasteiger partial charge in [0.2, 0.25) is 0 Å². The van der Waals surface area contributed by atoms with Crippen LogP contribution in [0.4, 0.5) is 10.5 Å². The fraction of sp³-hybridized carbons (Fsp3) is 0.562. The second-order valence-corrected chi connectivity index (χ2v) is 6.03. The molecule has 1 aromatic rings. The van der Waals surface area contributed by atoms with E-state index in [1.807, 2.05) is 23.1 Å². The highest BCUT2D eigenvalue weighted by Crippen LogP contribution is 2.35. The Morgan fingerprint density at radius 2 is 1.95 bits per heavy atom. The number of carbonyl (C=O) groups is 1. The van der Waals surface area contributed by atoms with E-state index in [1.54, 1.807) is 0 Å². The van der Waals surface area contributed by atoms with E-state index in [-0.39, 0.29) is 18.2 Å². The minimum absolute atomic E-state index is 0.00295. The number of hydrogen-bond acceptors (Lipinski definition) is 2. The molecule has 4 heteroatoms. The number of para-hydroxylation sites is 1. The molecule has 1 aliphatic heterocycles. The molecule has 1 heterocycles. The van der Waals surface area contributed by atoms with Crippen molar-refractivity contribution in [1.29, 1.82) is 0 Å². The van der Waals surface area contributed by atoms with E-state index in [4.69, 9.17) is 0 Å². The van der Waals surface area contributed by atoms with Crippen LogP contribution in [0.5, 0.6) is 0 Å². The average Bonchev–Trinajstić information content (AvgIpc) is 2.79. The third kappa shape index (κ3) is 2.52. The van der Waals surface area contributed by atoms with E-state index in [0.717, 1.165) is 37.9 Å². The zero-order valence-corrected chi connectivity index (χ0v) is 11.9. The highest BCUT2D eigenvalue weighted by Gasteiger charge is 2.31. The molecular formula is C16H22N2O2. The molecule has 4 nitrogen and oxygen atoms in total. The number of aliphatic hydroxyl groups is 1. The predicted molar refractivity (Wildman–Crippen MR) is 79.0 cm³/mol. The van der Waals surface area contributed by atoms with E-state index < -0.39 is 0 Å². The molecule has 1 aromatic carbocycles. The van der Waals surface area contributed by atoms with Crippen LogP contribution >= 0.6 is 0 Å². The molecule has 0 saturated heterocycles. The van der Waals surface area contributed by atoms with Gasteiger partial charge in [0.15, 0.2) is 0 Å². The summed E-state index contributed by atoms with van der Waals surface area (Å²) in [4.78, 5) is 14.3. The molecule has 1 saturated carbocycles. The van der Waals surface area contributed by atoms with E-state index in [9.17, 15) is 9.90 Å². The van der Waals surface area contributed by atoms with Gasteiger partial charge in [-0.1, -0.05) is 25.1 Å². The van der Waals surface area contributed by atoms with Gasteiger partial charge in [-0.3, -0.25) is 4.90 Å². The Morgan fingerprint density at radius 1 is 1.25 bits per heavy atom. The minimum Gasteiger partial charge on any atom is -0.393 e. The maximum absolute atomic E-state index is 12.5. The summed E-state index contributed by atoms with van der Waals surface area (Å²) in [5.74, 6) is 0.394. The third-order valence-corrected chi connectivity index (χ3v) is 4.48. The van der Waals surface area contributed by atoms with Crippen LogP contribution in [0.3, 0.4) is 0 Å². The molecule has 3 rings (SSSR count). The first-order chi connectivity index (χ1) is 9.65. The first-order valence-electron chi connectivity index (χ1n) is 7.50. The highest BCUT2D eigenvalue weighted by atomic mass is 16.3. The van der Waals surface area contributed by atoms with E-state index >= 15 is 0 Å². The van der Waals surface area contributed by atoms with Crippen molar-refractivity contribution >= 4 is 11.7 Å². The summed E-state index contributed by atoms with van der Waals surface area (Å²) in [6.07, 6.45) is 3.14. The number of carbonyl (C=O) groups excluding carboxylic acids is 1. The van der Waals surface area contributed by atoms with Crippen LogP contribution < -0.4 is 10.2 Å². The van der Waals surface area contributed by atoms with Gasteiger partial charge in [-0.05, 0) is 37.3 Å². The van der Waals surface area contributed by atoms with Crippen molar-refractivity contribution in [3.05, 3.63) is 29.8 Å². The summed E-state index contributed by atoms with van der Waals surface area (Å²) in [5, 5.41) is 12.6. The number of amides is 2. The second kappa shape index (κ2) is 5.44. The van der Waals surface area contributed by atoms with Crippen LogP contribution in [0, 0.1) is 0 Å². The number of anilines is 1.